The number of benzene rings is 3. The van der Waals surface area contributed by atoms with E-state index in [4.69, 9.17) is 9.15 Å². The summed E-state index contributed by atoms with van der Waals surface area (Å²) in [5, 5.41) is 2.50. The molecule has 0 bridgehead atoms. The van der Waals surface area contributed by atoms with Gasteiger partial charge in [0.05, 0.1) is 16.6 Å². The Morgan fingerprint density at radius 1 is 0.971 bits per heavy atom. The molecule has 0 radical (unpaired) electrons. The van der Waals surface area contributed by atoms with Crippen molar-refractivity contribution < 1.29 is 27.1 Å². The molecule has 0 aliphatic heterocycles. The number of hydrogen-bond acceptors (Lipinski definition) is 4. The summed E-state index contributed by atoms with van der Waals surface area (Å²) < 4.78 is 51.4. The molecule has 35 heavy (non-hydrogen) atoms. The predicted molar refractivity (Wildman–Crippen MR) is 128 cm³/mol. The van der Waals surface area contributed by atoms with Gasteiger partial charge in [-0.25, -0.2) is 0 Å². The fourth-order valence-corrected chi connectivity index (χ4v) is 3.82. The Kier molecular flexibility index (Phi) is 6.39. The highest BCUT2D eigenvalue weighted by atomic mass is 19.4. The molecule has 4 aromatic rings. The van der Waals surface area contributed by atoms with E-state index in [2.05, 4.69) is 5.32 Å². The van der Waals surface area contributed by atoms with Crippen LogP contribution in [-0.2, 0) is 11.0 Å². The van der Waals surface area contributed by atoms with Crippen molar-refractivity contribution in [3.05, 3.63) is 93.1 Å². The second-order valence-electron chi connectivity index (χ2n) is 8.29. The number of para-hydroxylation sites is 1. The summed E-state index contributed by atoms with van der Waals surface area (Å²) in [6, 6.07) is 15.4. The number of halogens is 3. The zero-order chi connectivity index (χ0) is 25.3. The normalized spacial score (nSPS) is 11.5. The Morgan fingerprint density at radius 2 is 1.66 bits per heavy atom. The van der Waals surface area contributed by atoms with Crippen LogP contribution in [0.25, 0.3) is 22.3 Å². The zero-order valence-corrected chi connectivity index (χ0v) is 19.2. The monoisotopic (exact) mass is 481 g/mol. The average Bonchev–Trinajstić information content (AvgIpc) is 2.79. The van der Waals surface area contributed by atoms with E-state index in [1.807, 2.05) is 39.0 Å². The predicted octanol–water partition coefficient (Wildman–Crippen LogP) is 6.42. The minimum absolute atomic E-state index is 0.137. The van der Waals surface area contributed by atoms with Gasteiger partial charge in [0.1, 0.15) is 5.58 Å². The molecule has 3 aromatic carbocycles. The second kappa shape index (κ2) is 9.29. The molecule has 0 unspecified atom stereocenters. The number of ether oxygens (including phenoxy) is 1. The first-order valence-corrected chi connectivity index (χ1v) is 10.8. The van der Waals surface area contributed by atoms with Crippen LogP contribution in [0.15, 0.2) is 69.9 Å². The van der Waals surface area contributed by atoms with Gasteiger partial charge >= 0.3 is 6.18 Å². The van der Waals surface area contributed by atoms with Gasteiger partial charge in [0, 0.05) is 5.56 Å². The van der Waals surface area contributed by atoms with Gasteiger partial charge in [0.15, 0.2) is 12.4 Å². The number of carbonyl (C=O) groups excluding carboxylic acids is 1. The summed E-state index contributed by atoms with van der Waals surface area (Å²) in [5.41, 5.74) is 1.70. The topological polar surface area (TPSA) is 68.5 Å². The fraction of sp³-hybridized carbons (Fsp3) is 0.185. The number of alkyl halides is 3. The van der Waals surface area contributed by atoms with Crippen LogP contribution < -0.4 is 15.5 Å². The van der Waals surface area contributed by atoms with Crippen molar-refractivity contribution in [3.8, 4) is 17.1 Å². The van der Waals surface area contributed by atoms with Gasteiger partial charge < -0.3 is 14.5 Å². The molecule has 1 heterocycles. The maximum Gasteiger partial charge on any atom is 0.418 e. The van der Waals surface area contributed by atoms with Gasteiger partial charge in [0.2, 0.25) is 11.2 Å². The van der Waals surface area contributed by atoms with E-state index in [0.29, 0.717) is 11.1 Å². The first-order valence-electron chi connectivity index (χ1n) is 10.8. The van der Waals surface area contributed by atoms with Crippen LogP contribution in [0.3, 0.4) is 0 Å². The highest BCUT2D eigenvalue weighted by Gasteiger charge is 2.33. The minimum Gasteiger partial charge on any atom is -0.476 e. The number of anilines is 1. The zero-order valence-electron chi connectivity index (χ0n) is 19.2. The Hall–Kier alpha value is -4.07. The standard InChI is InChI=1S/C27H22F3NO4/c1-15-8-10-18(11-9-15)25-26(23(33)19-13-16(2)12-17(3)24(19)35-25)34-14-22(32)31-21-7-5-4-6-20(21)27(28,29)30/h4-13H,14H2,1-3H3,(H,31,32). The molecule has 1 N–H and O–H groups in total. The van der Waals surface area contributed by atoms with E-state index in [9.17, 15) is 22.8 Å². The minimum atomic E-state index is -4.64. The van der Waals surface area contributed by atoms with Crippen molar-refractivity contribution in [3.63, 3.8) is 0 Å². The maximum absolute atomic E-state index is 13.4. The van der Waals surface area contributed by atoms with Crippen LogP contribution in [0, 0.1) is 20.8 Å². The molecule has 1 amide bonds. The largest absolute Gasteiger partial charge is 0.476 e. The summed E-state index contributed by atoms with van der Waals surface area (Å²) in [4.78, 5) is 25.9. The molecule has 5 nitrogen and oxygen atoms in total. The lowest BCUT2D eigenvalue weighted by Gasteiger charge is -2.15. The van der Waals surface area contributed by atoms with E-state index in [1.165, 1.54) is 12.1 Å². The molecular formula is C27H22F3NO4. The molecule has 0 aliphatic carbocycles. The van der Waals surface area contributed by atoms with Gasteiger partial charge in [-0.05, 0) is 50.1 Å². The number of fused-ring (bicyclic) bond motifs is 1. The number of aryl methyl sites for hydroxylation is 3. The van der Waals surface area contributed by atoms with Crippen LogP contribution in [0.2, 0.25) is 0 Å². The lowest BCUT2D eigenvalue weighted by Crippen LogP contribution is -2.24. The summed E-state index contributed by atoms with van der Waals surface area (Å²) in [5.74, 6) is -0.903. The van der Waals surface area contributed by atoms with Crippen molar-refractivity contribution in [1.29, 1.82) is 0 Å². The summed E-state index contributed by atoms with van der Waals surface area (Å²) in [6.45, 7) is 4.88. The van der Waals surface area contributed by atoms with E-state index in [-0.39, 0.29) is 16.9 Å². The SMILES string of the molecule is Cc1ccc(-c2oc3c(C)cc(C)cc3c(=O)c2OCC(=O)Nc2ccccc2C(F)(F)F)cc1. The van der Waals surface area contributed by atoms with E-state index >= 15 is 0 Å². The van der Waals surface area contributed by atoms with Crippen molar-refractivity contribution in [1.82, 2.24) is 0 Å². The average molecular weight is 481 g/mol. The highest BCUT2D eigenvalue weighted by molar-refractivity contribution is 5.93. The van der Waals surface area contributed by atoms with Gasteiger partial charge in [-0.15, -0.1) is 0 Å². The van der Waals surface area contributed by atoms with E-state index in [0.717, 1.165) is 28.8 Å². The summed E-state index contributed by atoms with van der Waals surface area (Å²) in [6.07, 6.45) is -4.64. The fourth-order valence-electron chi connectivity index (χ4n) is 3.82. The van der Waals surface area contributed by atoms with Crippen LogP contribution in [-0.4, -0.2) is 12.5 Å². The second-order valence-corrected chi connectivity index (χ2v) is 8.29. The van der Waals surface area contributed by atoms with Gasteiger partial charge in [-0.2, -0.15) is 13.2 Å². The maximum atomic E-state index is 13.4. The summed E-state index contributed by atoms with van der Waals surface area (Å²) >= 11 is 0. The van der Waals surface area contributed by atoms with E-state index < -0.39 is 35.4 Å². The molecule has 4 rings (SSSR count). The first kappa shape index (κ1) is 24.1. The molecule has 0 saturated heterocycles. The smallest absolute Gasteiger partial charge is 0.418 e. The third-order valence-electron chi connectivity index (χ3n) is 5.45. The van der Waals surface area contributed by atoms with Crippen molar-refractivity contribution in [2.24, 2.45) is 0 Å². The molecule has 0 aliphatic rings. The van der Waals surface area contributed by atoms with Crippen molar-refractivity contribution in [2.45, 2.75) is 26.9 Å². The lowest BCUT2D eigenvalue weighted by atomic mass is 10.0. The molecule has 180 valence electrons. The number of hydrogen-bond donors (Lipinski definition) is 1. The highest BCUT2D eigenvalue weighted by Crippen LogP contribution is 2.35. The molecule has 0 fully saturated rings. The lowest BCUT2D eigenvalue weighted by molar-refractivity contribution is -0.137. The molecule has 1 aromatic heterocycles. The Balaban J connectivity index is 1.71. The number of nitrogens with one attached hydrogen (secondary N) is 1. The van der Waals surface area contributed by atoms with Gasteiger partial charge in [-0.3, -0.25) is 9.59 Å². The van der Waals surface area contributed by atoms with Gasteiger partial charge in [-0.1, -0.05) is 48.0 Å². The molecule has 8 heteroatoms. The molecule has 0 atom stereocenters. The van der Waals surface area contributed by atoms with Crippen LogP contribution in [0.5, 0.6) is 5.75 Å². The van der Waals surface area contributed by atoms with Gasteiger partial charge in [0.25, 0.3) is 5.91 Å². The van der Waals surface area contributed by atoms with Crippen molar-refractivity contribution in [2.75, 3.05) is 11.9 Å². The molecular weight excluding hydrogens is 459 g/mol. The van der Waals surface area contributed by atoms with Crippen molar-refractivity contribution >= 4 is 22.6 Å². The quantitative estimate of drug-likeness (QED) is 0.357. The van der Waals surface area contributed by atoms with Crippen LogP contribution in [0.4, 0.5) is 18.9 Å². The number of amides is 1. The Labute approximate surface area is 199 Å². The number of carbonyl (C=O) groups is 1. The third kappa shape index (κ3) is 5.06. The first-order chi connectivity index (χ1) is 16.5. The summed E-state index contributed by atoms with van der Waals surface area (Å²) in [7, 11) is 0. The third-order valence-corrected chi connectivity index (χ3v) is 5.45. The molecule has 0 spiro atoms. The Morgan fingerprint density at radius 3 is 2.34 bits per heavy atom. The Bertz CT molecular complexity index is 1470. The van der Waals surface area contributed by atoms with E-state index in [1.54, 1.807) is 18.2 Å². The molecule has 0 saturated carbocycles. The van der Waals surface area contributed by atoms with Crippen LogP contribution >= 0.6 is 0 Å². The number of rotatable bonds is 5. The van der Waals surface area contributed by atoms with Crippen LogP contribution in [0.1, 0.15) is 22.3 Å².